The van der Waals surface area contributed by atoms with Gasteiger partial charge >= 0.3 is 7.60 Å². The summed E-state index contributed by atoms with van der Waals surface area (Å²) in [4.78, 5) is 0. The van der Waals surface area contributed by atoms with Crippen LogP contribution in [-0.4, -0.2) is 16.9 Å². The van der Waals surface area contributed by atoms with E-state index in [-0.39, 0.29) is 5.66 Å². The van der Waals surface area contributed by atoms with E-state index < -0.39 is 18.8 Å². The van der Waals surface area contributed by atoms with Gasteiger partial charge in [0.1, 0.15) is 11.2 Å². The third kappa shape index (κ3) is 1.79. The Kier molecular flexibility index (Phi) is 2.57. The third-order valence-electron chi connectivity index (χ3n) is 3.93. The molecule has 1 saturated heterocycles. The summed E-state index contributed by atoms with van der Waals surface area (Å²) >= 11 is 0. The normalized spacial score (nSPS) is 33.3. The molecule has 0 aromatic carbocycles. The molecule has 0 spiro atoms. The van der Waals surface area contributed by atoms with E-state index in [1.165, 1.54) is 0 Å². The summed E-state index contributed by atoms with van der Waals surface area (Å²) in [6, 6.07) is 0. The maximum Gasteiger partial charge on any atom is 0.334 e. The summed E-state index contributed by atoms with van der Waals surface area (Å²) in [5.41, 5.74) is -0.769. The first-order valence-corrected chi connectivity index (χ1v) is 7.39. The van der Waals surface area contributed by atoms with Crippen LogP contribution in [0.25, 0.3) is 0 Å². The maximum atomic E-state index is 12.6. The van der Waals surface area contributed by atoms with Gasteiger partial charge in [0.2, 0.25) is 0 Å². The van der Waals surface area contributed by atoms with Crippen molar-refractivity contribution < 1.29 is 13.6 Å². The highest BCUT2D eigenvalue weighted by Gasteiger charge is 2.58. The lowest BCUT2D eigenvalue weighted by atomic mass is 9.90. The van der Waals surface area contributed by atoms with Crippen molar-refractivity contribution >= 4 is 7.60 Å². The zero-order valence-electron chi connectivity index (χ0n) is 10.1. The molecule has 1 saturated carbocycles. The van der Waals surface area contributed by atoms with E-state index >= 15 is 0 Å². The molecule has 1 heterocycles. The molecule has 0 aromatic rings. The Hall–Kier alpha value is 0.150. The molecule has 0 atom stereocenters. The van der Waals surface area contributed by atoms with Gasteiger partial charge in [0, 0.05) is 0 Å². The first-order valence-electron chi connectivity index (χ1n) is 5.78. The van der Waals surface area contributed by atoms with Crippen LogP contribution in [0.5, 0.6) is 0 Å². The van der Waals surface area contributed by atoms with Crippen molar-refractivity contribution in [1.29, 1.82) is 0 Å². The van der Waals surface area contributed by atoms with Crippen LogP contribution in [0.4, 0.5) is 0 Å². The van der Waals surface area contributed by atoms with E-state index in [2.05, 4.69) is 0 Å². The van der Waals surface area contributed by atoms with Crippen LogP contribution in [0, 0.1) is 0 Å². The highest BCUT2D eigenvalue weighted by molar-refractivity contribution is 7.55. The fourth-order valence-corrected chi connectivity index (χ4v) is 5.29. The Balaban J connectivity index is 2.23. The van der Waals surface area contributed by atoms with E-state index in [0.29, 0.717) is 0 Å². The van der Waals surface area contributed by atoms with Crippen molar-refractivity contribution in [3.63, 3.8) is 0 Å². The molecule has 0 unspecified atom stereocenters. The van der Waals surface area contributed by atoms with Gasteiger partial charge in [-0.1, -0.05) is 12.8 Å². The molecule has 0 aromatic heterocycles. The highest BCUT2D eigenvalue weighted by atomic mass is 31.2. The summed E-state index contributed by atoms with van der Waals surface area (Å²) < 4.78 is 24.1. The van der Waals surface area contributed by atoms with E-state index in [1.54, 1.807) is 0 Å². The van der Waals surface area contributed by atoms with E-state index in [1.807, 2.05) is 27.7 Å². The van der Waals surface area contributed by atoms with Gasteiger partial charge in [0.05, 0.1) is 5.66 Å². The standard InChI is InChI=1S/C11H21O3P/c1-10(2)11(3,4)14-15(12,13-10)9-7-5-6-8-9/h9H,5-8H2,1-4H3. The van der Waals surface area contributed by atoms with Crippen molar-refractivity contribution in [1.82, 2.24) is 0 Å². The van der Waals surface area contributed by atoms with Crippen LogP contribution in [0.1, 0.15) is 53.4 Å². The quantitative estimate of drug-likeness (QED) is 0.646. The van der Waals surface area contributed by atoms with Gasteiger partial charge in [-0.3, -0.25) is 13.6 Å². The average Bonchev–Trinajstić information content (AvgIpc) is 2.56. The number of hydrogen-bond donors (Lipinski definition) is 0. The van der Waals surface area contributed by atoms with Crippen LogP contribution in [-0.2, 0) is 13.6 Å². The molecule has 2 aliphatic rings. The molecule has 0 bridgehead atoms. The minimum atomic E-state index is -2.86. The summed E-state index contributed by atoms with van der Waals surface area (Å²) in [5, 5.41) is 0. The highest BCUT2D eigenvalue weighted by Crippen LogP contribution is 2.69. The van der Waals surface area contributed by atoms with E-state index in [4.69, 9.17) is 9.05 Å². The van der Waals surface area contributed by atoms with Gasteiger partial charge in [0.15, 0.2) is 0 Å². The molecule has 1 aliphatic heterocycles. The fraction of sp³-hybridized carbons (Fsp3) is 1.00. The average molecular weight is 232 g/mol. The van der Waals surface area contributed by atoms with E-state index in [9.17, 15) is 4.57 Å². The Morgan fingerprint density at radius 1 is 1.00 bits per heavy atom. The van der Waals surface area contributed by atoms with Gasteiger partial charge in [-0.15, -0.1) is 0 Å². The Morgan fingerprint density at radius 3 is 1.80 bits per heavy atom. The molecule has 3 nitrogen and oxygen atoms in total. The lowest BCUT2D eigenvalue weighted by Gasteiger charge is -2.29. The minimum absolute atomic E-state index is 0.138. The van der Waals surface area contributed by atoms with Crippen LogP contribution in [0.3, 0.4) is 0 Å². The maximum absolute atomic E-state index is 12.6. The second-order valence-corrected chi connectivity index (χ2v) is 7.86. The largest absolute Gasteiger partial charge is 0.334 e. The smallest absolute Gasteiger partial charge is 0.299 e. The van der Waals surface area contributed by atoms with Gasteiger partial charge in [-0.2, -0.15) is 0 Å². The second kappa shape index (κ2) is 3.32. The monoisotopic (exact) mass is 232 g/mol. The molecule has 0 N–H and O–H groups in total. The summed E-state index contributed by atoms with van der Waals surface area (Å²) in [6.07, 6.45) is 4.29. The molecule has 0 radical (unpaired) electrons. The van der Waals surface area contributed by atoms with Gasteiger partial charge in [-0.25, -0.2) is 0 Å². The first kappa shape index (κ1) is 11.6. The van der Waals surface area contributed by atoms with Crippen LogP contribution >= 0.6 is 7.60 Å². The molecule has 15 heavy (non-hydrogen) atoms. The van der Waals surface area contributed by atoms with Gasteiger partial charge in [0.25, 0.3) is 0 Å². The lowest BCUT2D eigenvalue weighted by Crippen LogP contribution is -2.41. The van der Waals surface area contributed by atoms with E-state index in [0.717, 1.165) is 25.7 Å². The van der Waals surface area contributed by atoms with Crippen molar-refractivity contribution in [2.45, 2.75) is 70.2 Å². The summed E-state index contributed by atoms with van der Waals surface area (Å²) in [5.74, 6) is 0. The zero-order valence-corrected chi connectivity index (χ0v) is 11.0. The lowest BCUT2D eigenvalue weighted by molar-refractivity contribution is 0.00578. The molecule has 88 valence electrons. The van der Waals surface area contributed by atoms with Crippen molar-refractivity contribution in [3.05, 3.63) is 0 Å². The third-order valence-corrected chi connectivity index (χ3v) is 6.77. The minimum Gasteiger partial charge on any atom is -0.299 e. The second-order valence-electron chi connectivity index (χ2n) is 5.68. The Morgan fingerprint density at radius 2 is 1.40 bits per heavy atom. The van der Waals surface area contributed by atoms with Crippen molar-refractivity contribution in [2.75, 3.05) is 0 Å². The molecule has 1 aliphatic carbocycles. The Labute approximate surface area is 92.1 Å². The van der Waals surface area contributed by atoms with Crippen molar-refractivity contribution in [2.24, 2.45) is 0 Å². The van der Waals surface area contributed by atoms with Crippen LogP contribution < -0.4 is 0 Å². The Bertz CT molecular complexity index is 283. The molecular formula is C11H21O3P. The first-order chi connectivity index (χ1) is 6.77. The summed E-state index contributed by atoms with van der Waals surface area (Å²) in [7, 11) is -2.86. The zero-order chi connectivity index (χ0) is 11.3. The molecule has 2 rings (SSSR count). The summed E-state index contributed by atoms with van der Waals surface area (Å²) in [6.45, 7) is 7.84. The van der Waals surface area contributed by atoms with Gasteiger partial charge < -0.3 is 0 Å². The number of rotatable bonds is 1. The topological polar surface area (TPSA) is 35.5 Å². The SMILES string of the molecule is CC1(C)OP(=O)(C2CCCC2)OC1(C)C. The molecule has 0 amide bonds. The van der Waals surface area contributed by atoms with Crippen molar-refractivity contribution in [3.8, 4) is 0 Å². The van der Waals surface area contributed by atoms with Crippen LogP contribution in [0.2, 0.25) is 0 Å². The number of hydrogen-bond acceptors (Lipinski definition) is 3. The van der Waals surface area contributed by atoms with Crippen LogP contribution in [0.15, 0.2) is 0 Å². The predicted molar refractivity (Wildman–Crippen MR) is 60.2 cm³/mol. The molecule has 4 heteroatoms. The molecule has 2 fully saturated rings. The predicted octanol–water partition coefficient (Wildman–Crippen LogP) is 3.73. The van der Waals surface area contributed by atoms with Gasteiger partial charge in [-0.05, 0) is 40.5 Å². The fourth-order valence-electron chi connectivity index (χ4n) is 2.24. The molecular weight excluding hydrogens is 211 g/mol.